The maximum absolute atomic E-state index is 11.5. The summed E-state index contributed by atoms with van der Waals surface area (Å²) in [5.74, 6) is -0.313. The highest BCUT2D eigenvalue weighted by Gasteiger charge is 2.22. The molecule has 0 N–H and O–H groups in total. The maximum atomic E-state index is 11.5. The van der Waals surface area contributed by atoms with Crippen molar-refractivity contribution in [3.05, 3.63) is 48.0 Å². The van der Waals surface area contributed by atoms with Gasteiger partial charge in [-0.2, -0.15) is 0 Å². The van der Waals surface area contributed by atoms with Gasteiger partial charge in [-0.25, -0.2) is 4.79 Å². The number of esters is 1. The summed E-state index contributed by atoms with van der Waals surface area (Å²) >= 11 is 0. The number of ether oxygens (including phenoxy) is 1. The van der Waals surface area contributed by atoms with Crippen LogP contribution in [0.15, 0.2) is 42.5 Å². The van der Waals surface area contributed by atoms with Crippen molar-refractivity contribution in [2.24, 2.45) is 0 Å². The van der Waals surface area contributed by atoms with Crippen molar-refractivity contribution in [3.8, 4) is 0 Å². The molecule has 104 valence electrons. The van der Waals surface area contributed by atoms with Crippen LogP contribution in [0.1, 0.15) is 19.4 Å². The molecule has 0 amide bonds. The number of carbonyl (C=O) groups excluding carboxylic acids is 1. The Hall–Kier alpha value is -1.61. The van der Waals surface area contributed by atoms with E-state index in [1.54, 1.807) is 6.92 Å². The van der Waals surface area contributed by atoms with E-state index in [1.807, 2.05) is 25.1 Å². The predicted octanol–water partition coefficient (Wildman–Crippen LogP) is 2.77. The van der Waals surface area contributed by atoms with Gasteiger partial charge in [0, 0.05) is 11.1 Å². The second-order valence-electron chi connectivity index (χ2n) is 5.76. The van der Waals surface area contributed by atoms with Crippen LogP contribution in [0, 0.1) is 0 Å². The summed E-state index contributed by atoms with van der Waals surface area (Å²) in [6, 6.07) is 10.3. The molecule has 0 heterocycles. The van der Waals surface area contributed by atoms with Gasteiger partial charge in [-0.05, 0) is 13.8 Å². The summed E-state index contributed by atoms with van der Waals surface area (Å²) in [5.41, 5.74) is 1.73. The van der Waals surface area contributed by atoms with E-state index < -0.39 is 0 Å². The van der Waals surface area contributed by atoms with Gasteiger partial charge in [0.15, 0.2) is 0 Å². The van der Waals surface area contributed by atoms with Crippen LogP contribution >= 0.6 is 0 Å². The van der Waals surface area contributed by atoms with Crippen LogP contribution in [0.3, 0.4) is 0 Å². The van der Waals surface area contributed by atoms with Gasteiger partial charge in [-0.1, -0.05) is 36.9 Å². The summed E-state index contributed by atoms with van der Waals surface area (Å²) in [4.78, 5) is 11.5. The Labute approximate surface area is 116 Å². The largest absolute Gasteiger partial charge is 0.453 e. The molecule has 19 heavy (non-hydrogen) atoms. The van der Waals surface area contributed by atoms with Crippen LogP contribution in [-0.2, 0) is 16.1 Å². The van der Waals surface area contributed by atoms with E-state index in [0.717, 1.165) is 17.6 Å². The van der Waals surface area contributed by atoms with E-state index in [1.165, 1.54) is 5.56 Å². The van der Waals surface area contributed by atoms with E-state index in [4.69, 9.17) is 4.74 Å². The molecule has 0 radical (unpaired) electrons. The molecule has 1 unspecified atom stereocenters. The molecular formula is C16H24NO2+. The van der Waals surface area contributed by atoms with Crippen molar-refractivity contribution in [1.29, 1.82) is 0 Å². The molecular weight excluding hydrogens is 238 g/mol. The first-order valence-electron chi connectivity index (χ1n) is 6.52. The van der Waals surface area contributed by atoms with Crippen LogP contribution in [0.4, 0.5) is 0 Å². The first-order chi connectivity index (χ1) is 8.80. The zero-order valence-electron chi connectivity index (χ0n) is 12.3. The second kappa shape index (κ2) is 6.53. The smallest absolute Gasteiger partial charge is 0.333 e. The lowest BCUT2D eigenvalue weighted by atomic mass is 10.2. The first-order valence-corrected chi connectivity index (χ1v) is 6.52. The summed E-state index contributed by atoms with van der Waals surface area (Å²) in [5, 5.41) is 0. The fraction of sp³-hybridized carbons (Fsp3) is 0.438. The van der Waals surface area contributed by atoms with Gasteiger partial charge in [-0.3, -0.25) is 0 Å². The molecule has 0 fully saturated rings. The quantitative estimate of drug-likeness (QED) is 0.448. The van der Waals surface area contributed by atoms with Crippen LogP contribution < -0.4 is 0 Å². The molecule has 0 aliphatic rings. The highest BCUT2D eigenvalue weighted by molar-refractivity contribution is 5.87. The summed E-state index contributed by atoms with van der Waals surface area (Å²) in [6.45, 7) is 8.87. The van der Waals surface area contributed by atoms with Crippen LogP contribution in [-0.4, -0.2) is 37.2 Å². The van der Waals surface area contributed by atoms with E-state index in [2.05, 4.69) is 32.8 Å². The van der Waals surface area contributed by atoms with Gasteiger partial charge >= 0.3 is 5.97 Å². The highest BCUT2D eigenvalue weighted by atomic mass is 16.5. The third-order valence-corrected chi connectivity index (χ3v) is 2.86. The topological polar surface area (TPSA) is 26.3 Å². The Morgan fingerprint density at radius 2 is 1.89 bits per heavy atom. The fourth-order valence-corrected chi connectivity index (χ4v) is 2.16. The molecule has 3 nitrogen and oxygen atoms in total. The Bertz CT molecular complexity index is 437. The lowest BCUT2D eigenvalue weighted by molar-refractivity contribution is -0.906. The van der Waals surface area contributed by atoms with Crippen molar-refractivity contribution >= 4 is 5.97 Å². The molecule has 3 heteroatoms. The van der Waals surface area contributed by atoms with Crippen LogP contribution in [0.2, 0.25) is 0 Å². The summed E-state index contributed by atoms with van der Waals surface area (Å²) in [7, 11) is 4.27. The zero-order chi connectivity index (χ0) is 14.5. The Balaban J connectivity index is 2.54. The number of nitrogens with zero attached hydrogens (tertiary/aromatic N) is 1. The molecule has 1 aromatic rings. The number of hydrogen-bond acceptors (Lipinski definition) is 2. The number of rotatable bonds is 6. The SMILES string of the molecule is C=C(C)C(=O)OC(C)C[N+](C)(C)Cc1ccccc1. The number of hydrogen-bond donors (Lipinski definition) is 0. The predicted molar refractivity (Wildman–Crippen MR) is 77.5 cm³/mol. The van der Waals surface area contributed by atoms with Crippen molar-refractivity contribution in [1.82, 2.24) is 0 Å². The monoisotopic (exact) mass is 262 g/mol. The fourth-order valence-electron chi connectivity index (χ4n) is 2.16. The van der Waals surface area contributed by atoms with Crippen LogP contribution in [0.25, 0.3) is 0 Å². The summed E-state index contributed by atoms with van der Waals surface area (Å²) < 4.78 is 6.10. The Morgan fingerprint density at radius 1 is 1.32 bits per heavy atom. The standard InChI is InChI=1S/C16H24NO2/c1-13(2)16(18)19-14(3)11-17(4,5)12-15-9-7-6-8-10-15/h6-10,14H,1,11-12H2,2-5H3/q+1. The van der Waals surface area contributed by atoms with Gasteiger partial charge in [0.1, 0.15) is 19.2 Å². The van der Waals surface area contributed by atoms with E-state index in [9.17, 15) is 4.79 Å². The normalized spacial score (nSPS) is 12.8. The Morgan fingerprint density at radius 3 is 2.42 bits per heavy atom. The molecule has 0 aliphatic heterocycles. The number of carbonyl (C=O) groups is 1. The van der Waals surface area contributed by atoms with Gasteiger partial charge < -0.3 is 9.22 Å². The number of likely N-dealkylation sites (N-methyl/N-ethyl adjacent to an activating group) is 1. The van der Waals surface area contributed by atoms with Gasteiger partial charge in [0.05, 0.1) is 14.1 Å². The minimum Gasteiger partial charge on any atom is -0.453 e. The lowest BCUT2D eigenvalue weighted by Crippen LogP contribution is -2.45. The third kappa shape index (κ3) is 5.71. The first kappa shape index (κ1) is 15.4. The van der Waals surface area contributed by atoms with Crippen molar-refractivity contribution in [2.75, 3.05) is 20.6 Å². The van der Waals surface area contributed by atoms with Crippen molar-refractivity contribution in [3.63, 3.8) is 0 Å². The van der Waals surface area contributed by atoms with Gasteiger partial charge in [0.25, 0.3) is 0 Å². The average molecular weight is 262 g/mol. The number of benzene rings is 1. The molecule has 0 bridgehead atoms. The highest BCUT2D eigenvalue weighted by Crippen LogP contribution is 2.11. The second-order valence-corrected chi connectivity index (χ2v) is 5.76. The molecule has 1 aromatic carbocycles. The lowest BCUT2D eigenvalue weighted by Gasteiger charge is -2.32. The van der Waals surface area contributed by atoms with Crippen molar-refractivity contribution in [2.45, 2.75) is 26.5 Å². The maximum Gasteiger partial charge on any atom is 0.333 e. The molecule has 1 atom stereocenters. The third-order valence-electron chi connectivity index (χ3n) is 2.86. The van der Waals surface area contributed by atoms with E-state index >= 15 is 0 Å². The minimum atomic E-state index is -0.313. The van der Waals surface area contributed by atoms with Crippen LogP contribution in [0.5, 0.6) is 0 Å². The molecule has 0 aliphatic carbocycles. The molecule has 1 rings (SSSR count). The van der Waals surface area contributed by atoms with E-state index in [0.29, 0.717) is 5.57 Å². The van der Waals surface area contributed by atoms with Gasteiger partial charge in [-0.15, -0.1) is 0 Å². The molecule has 0 saturated heterocycles. The number of quaternary nitrogens is 1. The van der Waals surface area contributed by atoms with E-state index in [-0.39, 0.29) is 12.1 Å². The van der Waals surface area contributed by atoms with Gasteiger partial charge in [0.2, 0.25) is 0 Å². The zero-order valence-corrected chi connectivity index (χ0v) is 12.3. The molecule has 0 aromatic heterocycles. The molecule has 0 spiro atoms. The van der Waals surface area contributed by atoms with Crippen molar-refractivity contribution < 1.29 is 14.0 Å². The Kier molecular flexibility index (Phi) is 5.31. The minimum absolute atomic E-state index is 0.122. The summed E-state index contributed by atoms with van der Waals surface area (Å²) in [6.07, 6.45) is -0.122. The average Bonchev–Trinajstić information content (AvgIpc) is 2.28. The molecule has 0 saturated carbocycles.